The molecule has 0 heterocycles. The molecule has 0 aliphatic heterocycles. The number of hydrogen-bond donors (Lipinski definition) is 0. The maximum Gasteiger partial charge on any atom is 0.240 e. The molecule has 0 N–H and O–H groups in total. The molecule has 0 saturated carbocycles. The monoisotopic (exact) mass is 276 g/mol. The Bertz CT molecular complexity index is 478. The average molecular weight is 276 g/mol. The van der Waals surface area contributed by atoms with E-state index in [-0.39, 0.29) is 0 Å². The van der Waals surface area contributed by atoms with Gasteiger partial charge in [-0.05, 0) is 30.7 Å². The van der Waals surface area contributed by atoms with Gasteiger partial charge in [0.05, 0.1) is 12.2 Å². The highest BCUT2D eigenvalue weighted by molar-refractivity contribution is 7.99. The van der Waals surface area contributed by atoms with E-state index >= 15 is 0 Å². The molecule has 0 spiro atoms. The molecular weight excluding hydrogens is 260 g/mol. The lowest BCUT2D eigenvalue weighted by Gasteiger charge is -2.03. The number of thioether (sulfide) groups is 1. The van der Waals surface area contributed by atoms with Crippen LogP contribution >= 0.6 is 11.8 Å². The normalized spacial score (nSPS) is 9.47. The molecule has 0 aliphatic rings. The van der Waals surface area contributed by atoms with Gasteiger partial charge >= 0.3 is 0 Å². The number of benzene rings is 1. The number of unbranched alkanes of at least 4 members (excludes halogenated alkanes) is 3. The standard InChI is InChI=1S/C14H16N2O2S/c17-11-15-9-5-1-2-6-10-19-14-8-4-3-7-13(14)16-12-18/h3-4,7-8H,1-2,5-6,9-10H2. The first-order valence-electron chi connectivity index (χ1n) is 6.22. The zero-order valence-electron chi connectivity index (χ0n) is 10.7. The minimum Gasteiger partial charge on any atom is -0.211 e. The molecule has 1 rings (SSSR count). The molecule has 4 nitrogen and oxygen atoms in total. The summed E-state index contributed by atoms with van der Waals surface area (Å²) in [4.78, 5) is 28.3. The number of aliphatic imine (C=N–C) groups is 2. The first-order chi connectivity index (χ1) is 9.38. The Hall–Kier alpha value is -1.67. The number of nitrogens with zero attached hydrogens (tertiary/aromatic N) is 2. The van der Waals surface area contributed by atoms with Gasteiger partial charge < -0.3 is 0 Å². The van der Waals surface area contributed by atoms with E-state index in [0.29, 0.717) is 12.2 Å². The van der Waals surface area contributed by atoms with Crippen LogP contribution in [0.1, 0.15) is 25.7 Å². The Morgan fingerprint density at radius 1 is 1.00 bits per heavy atom. The fraction of sp³-hybridized carbons (Fsp3) is 0.429. The first-order valence-corrected chi connectivity index (χ1v) is 7.20. The van der Waals surface area contributed by atoms with Crippen LogP contribution in [-0.2, 0) is 9.59 Å². The molecule has 0 radical (unpaired) electrons. The number of isocyanates is 2. The zero-order chi connectivity index (χ0) is 13.8. The van der Waals surface area contributed by atoms with Crippen molar-refractivity contribution in [1.29, 1.82) is 0 Å². The van der Waals surface area contributed by atoms with Crippen LogP contribution in [0.3, 0.4) is 0 Å². The largest absolute Gasteiger partial charge is 0.240 e. The first kappa shape index (κ1) is 15.4. The quantitative estimate of drug-likeness (QED) is 0.299. The number of carbonyl (C=O) groups excluding carboxylic acids is 2. The van der Waals surface area contributed by atoms with Crippen molar-refractivity contribution in [3.8, 4) is 0 Å². The Labute approximate surface area is 117 Å². The maximum atomic E-state index is 10.3. The molecule has 0 unspecified atom stereocenters. The summed E-state index contributed by atoms with van der Waals surface area (Å²) in [6, 6.07) is 7.56. The van der Waals surface area contributed by atoms with E-state index in [4.69, 9.17) is 0 Å². The number of hydrogen-bond acceptors (Lipinski definition) is 5. The fourth-order valence-electron chi connectivity index (χ4n) is 1.60. The predicted molar refractivity (Wildman–Crippen MR) is 76.4 cm³/mol. The third-order valence-corrected chi connectivity index (χ3v) is 3.67. The SMILES string of the molecule is O=C=NCCCCCCSc1ccccc1N=C=O. The van der Waals surface area contributed by atoms with Crippen LogP contribution in [-0.4, -0.2) is 24.5 Å². The average Bonchev–Trinajstić information content (AvgIpc) is 2.44. The lowest BCUT2D eigenvalue weighted by molar-refractivity contribution is 0.561. The number of rotatable bonds is 9. The molecule has 19 heavy (non-hydrogen) atoms. The van der Waals surface area contributed by atoms with Crippen molar-refractivity contribution in [3.05, 3.63) is 24.3 Å². The van der Waals surface area contributed by atoms with Crippen LogP contribution in [0, 0.1) is 0 Å². The highest BCUT2D eigenvalue weighted by atomic mass is 32.2. The summed E-state index contributed by atoms with van der Waals surface area (Å²) in [6.45, 7) is 0.577. The van der Waals surface area contributed by atoms with E-state index in [9.17, 15) is 9.59 Å². The number of para-hydroxylation sites is 1. The molecule has 5 heteroatoms. The smallest absolute Gasteiger partial charge is 0.211 e. The van der Waals surface area contributed by atoms with Gasteiger partial charge in [0.15, 0.2) is 0 Å². The molecule has 0 aliphatic carbocycles. The van der Waals surface area contributed by atoms with Crippen LogP contribution in [0.15, 0.2) is 39.1 Å². The van der Waals surface area contributed by atoms with Crippen molar-refractivity contribution < 1.29 is 9.59 Å². The van der Waals surface area contributed by atoms with E-state index in [1.54, 1.807) is 17.8 Å². The molecule has 100 valence electrons. The van der Waals surface area contributed by atoms with E-state index < -0.39 is 0 Å². The maximum absolute atomic E-state index is 10.3. The molecule has 0 bridgehead atoms. The molecule has 0 fully saturated rings. The second-order valence-electron chi connectivity index (χ2n) is 3.91. The zero-order valence-corrected chi connectivity index (χ0v) is 11.5. The molecular formula is C14H16N2O2S. The molecule has 0 aromatic heterocycles. The fourth-order valence-corrected chi connectivity index (χ4v) is 2.60. The van der Waals surface area contributed by atoms with Gasteiger partial charge in [-0.1, -0.05) is 25.0 Å². The van der Waals surface area contributed by atoms with Gasteiger partial charge in [0.25, 0.3) is 0 Å². The summed E-state index contributed by atoms with van der Waals surface area (Å²) >= 11 is 1.70. The lowest BCUT2D eigenvalue weighted by atomic mass is 10.2. The van der Waals surface area contributed by atoms with Gasteiger partial charge in [0, 0.05) is 4.90 Å². The molecule has 0 atom stereocenters. The van der Waals surface area contributed by atoms with E-state index in [0.717, 1.165) is 36.3 Å². The van der Waals surface area contributed by atoms with Crippen molar-refractivity contribution in [2.75, 3.05) is 12.3 Å². The highest BCUT2D eigenvalue weighted by Crippen LogP contribution is 2.29. The van der Waals surface area contributed by atoms with E-state index in [1.807, 2.05) is 24.3 Å². The molecule has 0 saturated heterocycles. The van der Waals surface area contributed by atoms with Crippen molar-refractivity contribution in [3.63, 3.8) is 0 Å². The summed E-state index contributed by atoms with van der Waals surface area (Å²) in [5, 5.41) is 0. The van der Waals surface area contributed by atoms with E-state index in [2.05, 4.69) is 9.98 Å². The van der Waals surface area contributed by atoms with Gasteiger partial charge in [-0.2, -0.15) is 4.99 Å². The summed E-state index contributed by atoms with van der Waals surface area (Å²) in [5.41, 5.74) is 0.683. The van der Waals surface area contributed by atoms with Crippen LogP contribution < -0.4 is 0 Å². The van der Waals surface area contributed by atoms with Gasteiger partial charge in [0.1, 0.15) is 0 Å². The molecule has 0 amide bonds. The van der Waals surface area contributed by atoms with Gasteiger partial charge in [0.2, 0.25) is 12.2 Å². The summed E-state index contributed by atoms with van der Waals surface area (Å²) < 4.78 is 0. The topological polar surface area (TPSA) is 58.9 Å². The van der Waals surface area contributed by atoms with Crippen LogP contribution in [0.25, 0.3) is 0 Å². The third kappa shape index (κ3) is 6.73. The summed E-state index contributed by atoms with van der Waals surface area (Å²) in [7, 11) is 0. The molecule has 1 aromatic carbocycles. The van der Waals surface area contributed by atoms with Crippen LogP contribution in [0.5, 0.6) is 0 Å². The van der Waals surface area contributed by atoms with Crippen molar-refractivity contribution in [1.82, 2.24) is 0 Å². The van der Waals surface area contributed by atoms with Crippen LogP contribution in [0.2, 0.25) is 0 Å². The highest BCUT2D eigenvalue weighted by Gasteiger charge is 2.00. The van der Waals surface area contributed by atoms with Gasteiger partial charge in [-0.25, -0.2) is 14.6 Å². The van der Waals surface area contributed by atoms with Crippen molar-refractivity contribution in [2.24, 2.45) is 9.98 Å². The van der Waals surface area contributed by atoms with E-state index in [1.165, 1.54) is 6.08 Å². The minimum atomic E-state index is 0.577. The molecule has 1 aromatic rings. The summed E-state index contributed by atoms with van der Waals surface area (Å²) in [5.74, 6) is 0.988. The Kier molecular flexibility index (Phi) is 8.32. The Morgan fingerprint density at radius 2 is 1.79 bits per heavy atom. The second-order valence-corrected chi connectivity index (χ2v) is 5.04. The second kappa shape index (κ2) is 10.3. The Morgan fingerprint density at radius 3 is 2.58 bits per heavy atom. The van der Waals surface area contributed by atoms with Crippen LogP contribution in [0.4, 0.5) is 5.69 Å². The summed E-state index contributed by atoms with van der Waals surface area (Å²) in [6.07, 6.45) is 7.32. The Balaban J connectivity index is 2.22. The van der Waals surface area contributed by atoms with Gasteiger partial charge in [-0.3, -0.25) is 0 Å². The predicted octanol–water partition coefficient (Wildman–Crippen LogP) is 3.64. The minimum absolute atomic E-state index is 0.577. The van der Waals surface area contributed by atoms with Crippen molar-refractivity contribution in [2.45, 2.75) is 30.6 Å². The lowest BCUT2D eigenvalue weighted by Crippen LogP contribution is -1.85. The van der Waals surface area contributed by atoms with Gasteiger partial charge in [-0.15, -0.1) is 11.8 Å². The van der Waals surface area contributed by atoms with Crippen molar-refractivity contribution >= 4 is 29.6 Å². The third-order valence-electron chi connectivity index (χ3n) is 2.52.